The summed E-state index contributed by atoms with van der Waals surface area (Å²) < 4.78 is 13.8. The van der Waals surface area contributed by atoms with Gasteiger partial charge in [0.25, 0.3) is 0 Å². The van der Waals surface area contributed by atoms with Crippen LogP contribution in [0.25, 0.3) is 22.9 Å². The molecule has 7 heteroatoms. The van der Waals surface area contributed by atoms with Gasteiger partial charge in [-0.15, -0.1) is 0 Å². The number of halogens is 2. The van der Waals surface area contributed by atoms with Gasteiger partial charge in [0.1, 0.15) is 23.9 Å². The van der Waals surface area contributed by atoms with Gasteiger partial charge in [-0.1, -0.05) is 77.8 Å². The second-order valence-electron chi connectivity index (χ2n) is 8.13. The molecule has 0 saturated heterocycles. The van der Waals surface area contributed by atoms with Crippen LogP contribution in [-0.2, 0) is 11.3 Å². The number of rotatable bonds is 8. The largest absolute Gasteiger partial charge is 0.492 e. The molecule has 1 aromatic heterocycles. The number of hydrogen-bond donors (Lipinski definition) is 0. The zero-order valence-corrected chi connectivity index (χ0v) is 21.2. The van der Waals surface area contributed by atoms with Crippen LogP contribution >= 0.6 is 23.2 Å². The first kappa shape index (κ1) is 24.6. The Kier molecular flexibility index (Phi) is 7.54. The normalized spacial score (nSPS) is 11.5. The Hall–Kier alpha value is -4.06. The lowest BCUT2D eigenvalue weighted by Gasteiger charge is -2.13. The van der Waals surface area contributed by atoms with E-state index in [9.17, 15) is 4.79 Å². The molecule has 5 nitrogen and oxygen atoms in total. The first-order chi connectivity index (χ1) is 18.1. The highest BCUT2D eigenvalue weighted by Gasteiger charge is 2.19. The number of esters is 1. The van der Waals surface area contributed by atoms with Crippen LogP contribution in [-0.4, -0.2) is 22.1 Å². The monoisotopic (exact) mass is 528 g/mol. The summed E-state index contributed by atoms with van der Waals surface area (Å²) in [6, 6.07) is 31.4. The minimum absolute atomic E-state index is 0.256. The summed E-state index contributed by atoms with van der Waals surface area (Å²) in [5.74, 6) is 1.05. The fourth-order valence-corrected chi connectivity index (χ4v) is 4.37. The van der Waals surface area contributed by atoms with Crippen molar-refractivity contribution in [3.8, 4) is 5.75 Å². The van der Waals surface area contributed by atoms with E-state index in [2.05, 4.69) is 0 Å². The number of imidazole rings is 1. The van der Waals surface area contributed by atoms with Crippen LogP contribution in [0.15, 0.2) is 103 Å². The molecule has 0 atom stereocenters. The molecule has 0 fully saturated rings. The number of nitrogens with zero attached hydrogens (tertiary/aromatic N) is 2. The van der Waals surface area contributed by atoms with Crippen LogP contribution in [0, 0.1) is 0 Å². The van der Waals surface area contributed by atoms with Gasteiger partial charge >= 0.3 is 5.97 Å². The number of ether oxygens (including phenoxy) is 2. The lowest BCUT2D eigenvalue weighted by molar-refractivity contribution is 0.0694. The van der Waals surface area contributed by atoms with E-state index < -0.39 is 5.97 Å². The van der Waals surface area contributed by atoms with E-state index in [1.54, 1.807) is 42.5 Å². The highest BCUT2D eigenvalue weighted by molar-refractivity contribution is 6.34. The van der Waals surface area contributed by atoms with E-state index in [4.69, 9.17) is 37.7 Å². The summed E-state index contributed by atoms with van der Waals surface area (Å²) >= 11 is 12.8. The molecular formula is C30H22Cl2N2O3. The lowest BCUT2D eigenvalue weighted by atomic mass is 10.1. The first-order valence-corrected chi connectivity index (χ1v) is 12.4. The van der Waals surface area contributed by atoms with E-state index in [0.717, 1.165) is 16.8 Å². The Morgan fingerprint density at radius 3 is 2.14 bits per heavy atom. The first-order valence-electron chi connectivity index (χ1n) is 11.7. The van der Waals surface area contributed by atoms with E-state index in [1.807, 2.05) is 71.3 Å². The van der Waals surface area contributed by atoms with Gasteiger partial charge in [-0.05, 0) is 48.5 Å². The summed E-state index contributed by atoms with van der Waals surface area (Å²) in [5.41, 5.74) is 2.56. The molecular weight excluding hydrogens is 507 g/mol. The molecule has 1 heterocycles. The van der Waals surface area contributed by atoms with Gasteiger partial charge < -0.3 is 14.0 Å². The predicted octanol–water partition coefficient (Wildman–Crippen LogP) is 7.78. The number of carbonyl (C=O) groups is 1. The van der Waals surface area contributed by atoms with Crippen LogP contribution in [0.1, 0.15) is 21.7 Å². The topological polar surface area (TPSA) is 53.3 Å². The zero-order valence-electron chi connectivity index (χ0n) is 19.7. The molecule has 4 aromatic carbocycles. The van der Waals surface area contributed by atoms with Crippen molar-refractivity contribution in [1.29, 1.82) is 0 Å². The number of aromatic nitrogens is 2. The molecule has 0 aliphatic rings. The Morgan fingerprint density at radius 1 is 0.784 bits per heavy atom. The van der Waals surface area contributed by atoms with Crippen molar-refractivity contribution in [3.63, 3.8) is 0 Å². The van der Waals surface area contributed by atoms with Crippen LogP contribution < -0.4 is 4.74 Å². The van der Waals surface area contributed by atoms with Crippen LogP contribution in [0.4, 0.5) is 0 Å². The molecule has 5 aromatic rings. The molecule has 0 N–H and O–H groups in total. The summed E-state index contributed by atoms with van der Waals surface area (Å²) in [5, 5.41) is 0.743. The summed E-state index contributed by atoms with van der Waals surface area (Å²) in [6.45, 7) is 0.946. The average molecular weight is 529 g/mol. The summed E-state index contributed by atoms with van der Waals surface area (Å²) in [6.07, 6.45) is 1.72. The predicted molar refractivity (Wildman–Crippen MR) is 148 cm³/mol. The van der Waals surface area contributed by atoms with E-state index in [1.165, 1.54) is 0 Å². The maximum atomic E-state index is 13.1. The minimum atomic E-state index is -0.591. The molecule has 0 spiro atoms. The molecule has 0 amide bonds. The zero-order chi connectivity index (χ0) is 25.6. The molecule has 37 heavy (non-hydrogen) atoms. The van der Waals surface area contributed by atoms with E-state index in [-0.39, 0.29) is 11.3 Å². The third-order valence-electron chi connectivity index (χ3n) is 5.71. The standard InChI is InChI=1S/C30H22Cl2N2O3/c31-24-14-6-4-12-22(24)28(37-30(35)23-13-5-7-15-25(23)32)20-29-33-26-16-8-9-17-27(26)34(29)18-19-36-21-10-2-1-3-11-21/h1-17,20H,18-19H2/b28-20-. The van der Waals surface area contributed by atoms with Crippen molar-refractivity contribution in [2.45, 2.75) is 6.54 Å². The Balaban J connectivity index is 1.54. The molecule has 5 rings (SSSR count). The third kappa shape index (κ3) is 5.69. The van der Waals surface area contributed by atoms with Crippen molar-refractivity contribution in [1.82, 2.24) is 9.55 Å². The molecule has 0 bridgehead atoms. The fraction of sp³-hybridized carbons (Fsp3) is 0.0667. The maximum absolute atomic E-state index is 13.1. The second-order valence-corrected chi connectivity index (χ2v) is 8.94. The molecule has 184 valence electrons. The van der Waals surface area contributed by atoms with Crippen molar-refractivity contribution in [2.24, 2.45) is 0 Å². The van der Waals surface area contributed by atoms with Crippen molar-refractivity contribution >= 4 is 52.0 Å². The van der Waals surface area contributed by atoms with Crippen LogP contribution in [0.5, 0.6) is 5.75 Å². The van der Waals surface area contributed by atoms with E-state index >= 15 is 0 Å². The Labute approximate surface area is 224 Å². The number of fused-ring (bicyclic) bond motifs is 1. The number of carbonyl (C=O) groups excluding carboxylic acids is 1. The van der Waals surface area contributed by atoms with Gasteiger partial charge in [0.15, 0.2) is 0 Å². The Morgan fingerprint density at radius 2 is 1.41 bits per heavy atom. The highest BCUT2D eigenvalue weighted by atomic mass is 35.5. The molecule has 0 radical (unpaired) electrons. The molecule has 0 aliphatic heterocycles. The Bertz CT molecular complexity index is 1580. The maximum Gasteiger partial charge on any atom is 0.345 e. The quantitative estimate of drug-likeness (QED) is 0.152. The van der Waals surface area contributed by atoms with Gasteiger partial charge in [0, 0.05) is 11.6 Å². The summed E-state index contributed by atoms with van der Waals surface area (Å²) in [7, 11) is 0. The van der Waals surface area contributed by atoms with Gasteiger partial charge in [-0.2, -0.15) is 0 Å². The molecule has 0 unspecified atom stereocenters. The smallest absolute Gasteiger partial charge is 0.345 e. The van der Waals surface area contributed by atoms with E-state index in [0.29, 0.717) is 34.6 Å². The minimum Gasteiger partial charge on any atom is -0.492 e. The van der Waals surface area contributed by atoms with Gasteiger partial charge in [0.2, 0.25) is 0 Å². The van der Waals surface area contributed by atoms with Gasteiger partial charge in [-0.25, -0.2) is 9.78 Å². The number of hydrogen-bond acceptors (Lipinski definition) is 4. The number of benzene rings is 4. The molecule has 0 saturated carbocycles. The SMILES string of the molecule is O=C(O/C(=C\c1nc2ccccc2n1CCOc1ccccc1)c1ccccc1Cl)c1ccccc1Cl. The highest BCUT2D eigenvalue weighted by Crippen LogP contribution is 2.29. The van der Waals surface area contributed by atoms with Crippen LogP contribution in [0.2, 0.25) is 10.0 Å². The molecule has 0 aliphatic carbocycles. The van der Waals surface area contributed by atoms with Gasteiger partial charge in [-0.3, -0.25) is 0 Å². The van der Waals surface area contributed by atoms with Crippen molar-refractivity contribution < 1.29 is 14.3 Å². The van der Waals surface area contributed by atoms with Crippen molar-refractivity contribution in [2.75, 3.05) is 6.61 Å². The van der Waals surface area contributed by atoms with Gasteiger partial charge in [0.05, 0.1) is 33.2 Å². The average Bonchev–Trinajstić information content (AvgIpc) is 3.26. The summed E-state index contributed by atoms with van der Waals surface area (Å²) in [4.78, 5) is 17.9. The van der Waals surface area contributed by atoms with Crippen LogP contribution in [0.3, 0.4) is 0 Å². The lowest BCUT2D eigenvalue weighted by Crippen LogP contribution is -2.10. The third-order valence-corrected chi connectivity index (χ3v) is 6.37. The van der Waals surface area contributed by atoms with Crippen molar-refractivity contribution in [3.05, 3.63) is 130 Å². The fourth-order valence-electron chi connectivity index (χ4n) is 3.93. The second kappa shape index (κ2) is 11.3. The number of para-hydroxylation sites is 3.